The molecule has 3 aromatic rings. The number of nitrogens with zero attached hydrogens (tertiary/aromatic N) is 3. The second-order valence-corrected chi connectivity index (χ2v) is 6.60. The van der Waals surface area contributed by atoms with E-state index < -0.39 is 0 Å². The highest BCUT2D eigenvalue weighted by Crippen LogP contribution is 2.30. The minimum absolute atomic E-state index is 0.131. The molecule has 0 unspecified atom stereocenters. The van der Waals surface area contributed by atoms with E-state index in [9.17, 15) is 0 Å². The number of rotatable bonds is 5. The van der Waals surface area contributed by atoms with E-state index in [1.165, 1.54) is 16.5 Å². The minimum atomic E-state index is 0.131. The van der Waals surface area contributed by atoms with Gasteiger partial charge in [-0.05, 0) is 32.4 Å². The third-order valence-electron chi connectivity index (χ3n) is 4.60. The minimum Gasteiger partial charge on any atom is -0.459 e. The predicted octanol–water partition coefficient (Wildman–Crippen LogP) is 3.70. The second-order valence-electron chi connectivity index (χ2n) is 6.60. The molecule has 0 aliphatic heterocycles. The average molecular weight is 326 g/mol. The number of para-hydroxylation sites is 1. The van der Waals surface area contributed by atoms with Crippen LogP contribution < -0.4 is 10.2 Å². The van der Waals surface area contributed by atoms with Crippen LogP contribution in [0.4, 0.5) is 5.82 Å². The first-order valence-corrected chi connectivity index (χ1v) is 8.31. The number of hydrogen-bond donors (Lipinski definition) is 1. The average Bonchev–Trinajstić information content (AvgIpc) is 3.02. The SMILES string of the molecule is Cc1nn(C)c(N(C)C)c1CN[C@@H](C)c1oc2ccccc2c1C. The van der Waals surface area contributed by atoms with E-state index in [0.717, 1.165) is 29.4 Å². The molecule has 1 atom stereocenters. The second kappa shape index (κ2) is 6.32. The summed E-state index contributed by atoms with van der Waals surface area (Å²) in [5.74, 6) is 2.14. The number of aryl methyl sites for hydroxylation is 3. The van der Waals surface area contributed by atoms with Gasteiger partial charge < -0.3 is 14.6 Å². The van der Waals surface area contributed by atoms with E-state index in [4.69, 9.17) is 4.42 Å². The van der Waals surface area contributed by atoms with Gasteiger partial charge in [0, 0.05) is 38.6 Å². The lowest BCUT2D eigenvalue weighted by Gasteiger charge is -2.17. The molecule has 0 aliphatic rings. The van der Waals surface area contributed by atoms with Crippen LogP contribution in [0.25, 0.3) is 11.0 Å². The van der Waals surface area contributed by atoms with Crippen LogP contribution in [-0.2, 0) is 13.6 Å². The predicted molar refractivity (Wildman–Crippen MR) is 98.5 cm³/mol. The highest BCUT2D eigenvalue weighted by molar-refractivity contribution is 5.82. The van der Waals surface area contributed by atoms with Gasteiger partial charge >= 0.3 is 0 Å². The number of anilines is 1. The number of fused-ring (bicyclic) bond motifs is 1. The van der Waals surface area contributed by atoms with Gasteiger partial charge in [-0.15, -0.1) is 0 Å². The number of aromatic nitrogens is 2. The summed E-state index contributed by atoms with van der Waals surface area (Å²) in [6, 6.07) is 8.32. The zero-order valence-corrected chi connectivity index (χ0v) is 15.3. The topological polar surface area (TPSA) is 46.2 Å². The van der Waals surface area contributed by atoms with E-state index in [2.05, 4.69) is 48.2 Å². The first-order valence-electron chi connectivity index (χ1n) is 8.31. The smallest absolute Gasteiger partial charge is 0.134 e. The van der Waals surface area contributed by atoms with Gasteiger partial charge in [-0.3, -0.25) is 4.68 Å². The summed E-state index contributed by atoms with van der Waals surface area (Å²) in [6.45, 7) is 7.08. The Balaban J connectivity index is 1.83. The van der Waals surface area contributed by atoms with Crippen LogP contribution in [0.15, 0.2) is 28.7 Å². The molecular weight excluding hydrogens is 300 g/mol. The third kappa shape index (κ3) is 2.80. The van der Waals surface area contributed by atoms with Crippen molar-refractivity contribution in [2.75, 3.05) is 19.0 Å². The van der Waals surface area contributed by atoms with E-state index in [1.54, 1.807) is 0 Å². The molecule has 24 heavy (non-hydrogen) atoms. The number of hydrogen-bond acceptors (Lipinski definition) is 4. The first-order chi connectivity index (χ1) is 11.4. The van der Waals surface area contributed by atoms with E-state index in [-0.39, 0.29) is 6.04 Å². The van der Waals surface area contributed by atoms with Crippen LogP contribution in [0.3, 0.4) is 0 Å². The molecule has 0 bridgehead atoms. The molecule has 128 valence electrons. The maximum Gasteiger partial charge on any atom is 0.134 e. The number of nitrogens with one attached hydrogen (secondary N) is 1. The Hall–Kier alpha value is -2.27. The highest BCUT2D eigenvalue weighted by Gasteiger charge is 2.19. The molecule has 0 saturated carbocycles. The van der Waals surface area contributed by atoms with Crippen molar-refractivity contribution in [3.05, 3.63) is 46.8 Å². The van der Waals surface area contributed by atoms with Crippen molar-refractivity contribution >= 4 is 16.8 Å². The molecule has 1 aromatic carbocycles. The summed E-state index contributed by atoms with van der Waals surface area (Å²) in [5, 5.41) is 9.33. The summed E-state index contributed by atoms with van der Waals surface area (Å²) in [4.78, 5) is 2.11. The van der Waals surface area contributed by atoms with Gasteiger partial charge in [0.25, 0.3) is 0 Å². The molecule has 0 fully saturated rings. The van der Waals surface area contributed by atoms with Gasteiger partial charge in [0.15, 0.2) is 0 Å². The van der Waals surface area contributed by atoms with Crippen molar-refractivity contribution in [3.8, 4) is 0 Å². The van der Waals surface area contributed by atoms with Crippen molar-refractivity contribution in [2.24, 2.45) is 7.05 Å². The molecule has 0 spiro atoms. The normalized spacial score (nSPS) is 12.8. The van der Waals surface area contributed by atoms with Gasteiger partial charge in [0.1, 0.15) is 17.2 Å². The fourth-order valence-electron chi connectivity index (χ4n) is 3.41. The Bertz CT molecular complexity index is 860. The maximum absolute atomic E-state index is 6.07. The molecular formula is C19H26N4O. The Labute approximate surface area is 143 Å². The van der Waals surface area contributed by atoms with E-state index >= 15 is 0 Å². The van der Waals surface area contributed by atoms with E-state index in [0.29, 0.717) is 0 Å². The number of benzene rings is 1. The fourth-order valence-corrected chi connectivity index (χ4v) is 3.41. The Kier molecular flexibility index (Phi) is 4.37. The lowest BCUT2D eigenvalue weighted by Crippen LogP contribution is -2.21. The van der Waals surface area contributed by atoms with Gasteiger partial charge in [0.05, 0.1) is 11.7 Å². The van der Waals surface area contributed by atoms with Crippen molar-refractivity contribution in [1.82, 2.24) is 15.1 Å². The van der Waals surface area contributed by atoms with Crippen LogP contribution in [0.1, 0.15) is 35.5 Å². The van der Waals surface area contributed by atoms with Crippen LogP contribution in [0, 0.1) is 13.8 Å². The fraction of sp³-hybridized carbons (Fsp3) is 0.421. The van der Waals surface area contributed by atoms with Crippen LogP contribution in [0.5, 0.6) is 0 Å². The zero-order valence-electron chi connectivity index (χ0n) is 15.3. The van der Waals surface area contributed by atoms with Gasteiger partial charge in [0.2, 0.25) is 0 Å². The lowest BCUT2D eigenvalue weighted by atomic mass is 10.1. The summed E-state index contributed by atoms with van der Waals surface area (Å²) in [6.07, 6.45) is 0. The van der Waals surface area contributed by atoms with E-state index in [1.807, 2.05) is 38.0 Å². The molecule has 2 aromatic heterocycles. The van der Waals surface area contributed by atoms with Crippen molar-refractivity contribution < 1.29 is 4.42 Å². The van der Waals surface area contributed by atoms with Crippen LogP contribution >= 0.6 is 0 Å². The Morgan fingerprint density at radius 2 is 1.96 bits per heavy atom. The van der Waals surface area contributed by atoms with Crippen molar-refractivity contribution in [3.63, 3.8) is 0 Å². The molecule has 0 saturated heterocycles. The highest BCUT2D eigenvalue weighted by atomic mass is 16.3. The van der Waals surface area contributed by atoms with Crippen LogP contribution in [-0.4, -0.2) is 23.9 Å². The Morgan fingerprint density at radius 1 is 1.25 bits per heavy atom. The maximum atomic E-state index is 6.07. The quantitative estimate of drug-likeness (QED) is 0.776. The zero-order chi connectivity index (χ0) is 17.4. The number of furan rings is 1. The molecule has 2 heterocycles. The monoisotopic (exact) mass is 326 g/mol. The molecule has 0 radical (unpaired) electrons. The molecule has 1 N–H and O–H groups in total. The summed E-state index contributed by atoms with van der Waals surface area (Å²) >= 11 is 0. The molecule has 5 heteroatoms. The summed E-state index contributed by atoms with van der Waals surface area (Å²) in [7, 11) is 6.08. The summed E-state index contributed by atoms with van der Waals surface area (Å²) in [5.41, 5.74) is 4.44. The molecule has 5 nitrogen and oxygen atoms in total. The van der Waals surface area contributed by atoms with Gasteiger partial charge in [-0.25, -0.2) is 0 Å². The third-order valence-corrected chi connectivity index (χ3v) is 4.60. The molecule has 0 amide bonds. The Morgan fingerprint density at radius 3 is 2.62 bits per heavy atom. The van der Waals surface area contributed by atoms with Crippen LogP contribution in [0.2, 0.25) is 0 Å². The summed E-state index contributed by atoms with van der Waals surface area (Å²) < 4.78 is 8.00. The van der Waals surface area contributed by atoms with Gasteiger partial charge in [-0.1, -0.05) is 18.2 Å². The largest absolute Gasteiger partial charge is 0.459 e. The van der Waals surface area contributed by atoms with Gasteiger partial charge in [-0.2, -0.15) is 5.10 Å². The van der Waals surface area contributed by atoms with Crippen molar-refractivity contribution in [2.45, 2.75) is 33.4 Å². The first kappa shape index (κ1) is 16.6. The standard InChI is InChI=1S/C19H26N4O/c1-12-15-9-7-8-10-17(15)24-18(12)14(3)20-11-16-13(2)21-23(6)19(16)22(4)5/h7-10,14,20H,11H2,1-6H3/t14-/m0/s1. The van der Waals surface area contributed by atoms with Crippen molar-refractivity contribution in [1.29, 1.82) is 0 Å². The lowest BCUT2D eigenvalue weighted by molar-refractivity contribution is 0.447. The molecule has 3 rings (SSSR count). The molecule has 0 aliphatic carbocycles.